The summed E-state index contributed by atoms with van der Waals surface area (Å²) >= 11 is 10.0. The molecular weight excluding hydrogens is 272 g/mol. The predicted octanol–water partition coefficient (Wildman–Crippen LogP) is 4.85. The molecule has 2 rings (SSSR count). The fourth-order valence-corrected chi connectivity index (χ4v) is 3.80. The highest BCUT2D eigenvalue weighted by Crippen LogP contribution is 2.45. The zero-order chi connectivity index (χ0) is 11.1. The number of hydrogen-bond acceptors (Lipinski definition) is 0. The number of alkyl halides is 1. The molecule has 2 heteroatoms. The number of rotatable bonds is 1. The van der Waals surface area contributed by atoms with Gasteiger partial charge in [0.1, 0.15) is 0 Å². The Morgan fingerprint density at radius 1 is 1.47 bits per heavy atom. The van der Waals surface area contributed by atoms with Crippen LogP contribution < -0.4 is 0 Å². The monoisotopic (exact) mass is 286 g/mol. The largest absolute Gasteiger partial charge is 0.0890 e. The number of hydrogen-bond donors (Lipinski definition) is 0. The van der Waals surface area contributed by atoms with Crippen molar-refractivity contribution in [2.24, 2.45) is 0 Å². The number of benzene rings is 1. The average Bonchev–Trinajstić information content (AvgIpc) is 2.52. The molecule has 0 N–H and O–H groups in total. The Morgan fingerprint density at radius 2 is 2.20 bits per heavy atom. The van der Waals surface area contributed by atoms with E-state index in [4.69, 9.17) is 11.6 Å². The molecule has 0 saturated heterocycles. The molecule has 0 aliphatic heterocycles. The molecule has 2 unspecified atom stereocenters. The van der Waals surface area contributed by atoms with Crippen LogP contribution in [-0.4, -0.2) is 4.83 Å². The quantitative estimate of drug-likeness (QED) is 0.648. The third kappa shape index (κ3) is 2.24. The third-order valence-electron chi connectivity index (χ3n) is 3.45. The highest BCUT2D eigenvalue weighted by atomic mass is 79.9. The van der Waals surface area contributed by atoms with Crippen molar-refractivity contribution in [3.63, 3.8) is 0 Å². The lowest BCUT2D eigenvalue weighted by Gasteiger charge is -2.26. The Morgan fingerprint density at radius 3 is 2.80 bits per heavy atom. The zero-order valence-electron chi connectivity index (χ0n) is 9.19. The topological polar surface area (TPSA) is 0 Å². The lowest BCUT2D eigenvalue weighted by atomic mass is 9.80. The molecular formula is C13H16BrCl. The molecule has 0 aromatic heterocycles. The zero-order valence-corrected chi connectivity index (χ0v) is 11.5. The smallest absolute Gasteiger partial charge is 0.0443 e. The van der Waals surface area contributed by atoms with Crippen molar-refractivity contribution in [1.29, 1.82) is 0 Å². The minimum Gasteiger partial charge on any atom is -0.0890 e. The summed E-state index contributed by atoms with van der Waals surface area (Å²) in [6.07, 6.45) is 3.67. The van der Waals surface area contributed by atoms with Crippen LogP contribution in [0.1, 0.15) is 37.3 Å². The fraction of sp³-hybridized carbons (Fsp3) is 0.538. The third-order valence-corrected chi connectivity index (χ3v) is 4.56. The van der Waals surface area contributed by atoms with Crippen LogP contribution in [0.4, 0.5) is 0 Å². The Labute approximate surface area is 105 Å². The summed E-state index contributed by atoms with van der Waals surface area (Å²) < 4.78 is 0. The van der Waals surface area contributed by atoms with Gasteiger partial charge in [-0.3, -0.25) is 0 Å². The van der Waals surface area contributed by atoms with E-state index in [2.05, 4.69) is 41.9 Å². The van der Waals surface area contributed by atoms with Crippen molar-refractivity contribution in [3.8, 4) is 0 Å². The van der Waals surface area contributed by atoms with E-state index in [1.807, 2.05) is 6.07 Å². The molecule has 82 valence electrons. The van der Waals surface area contributed by atoms with E-state index in [9.17, 15) is 0 Å². The molecule has 2 atom stereocenters. The van der Waals surface area contributed by atoms with E-state index in [0.29, 0.717) is 4.83 Å². The van der Waals surface area contributed by atoms with Gasteiger partial charge in [-0.25, -0.2) is 0 Å². The maximum Gasteiger partial charge on any atom is 0.0443 e. The molecule has 15 heavy (non-hydrogen) atoms. The van der Waals surface area contributed by atoms with Crippen LogP contribution in [0.25, 0.3) is 0 Å². The molecule has 0 amide bonds. The molecule has 0 spiro atoms. The molecule has 0 nitrogen and oxygen atoms in total. The molecule has 1 aromatic rings. The van der Waals surface area contributed by atoms with Crippen molar-refractivity contribution in [1.82, 2.24) is 0 Å². The first kappa shape index (κ1) is 11.5. The van der Waals surface area contributed by atoms with Crippen LogP contribution in [0.2, 0.25) is 5.02 Å². The van der Waals surface area contributed by atoms with Crippen LogP contribution in [0.15, 0.2) is 18.2 Å². The molecule has 1 fully saturated rings. The van der Waals surface area contributed by atoms with Gasteiger partial charge in [0.05, 0.1) is 0 Å². The first-order chi connectivity index (χ1) is 7.01. The molecule has 1 aromatic carbocycles. The maximum atomic E-state index is 6.30. The Kier molecular flexibility index (Phi) is 3.14. The summed E-state index contributed by atoms with van der Waals surface area (Å²) in [6.45, 7) is 4.46. The number of halogens is 2. The molecule has 0 heterocycles. The second-order valence-corrected chi connectivity index (χ2v) is 6.59. The van der Waals surface area contributed by atoms with E-state index in [0.717, 1.165) is 5.02 Å². The second kappa shape index (κ2) is 4.10. The molecule has 0 bridgehead atoms. The summed E-state index contributed by atoms with van der Waals surface area (Å²) in [5, 5.41) is 0.921. The van der Waals surface area contributed by atoms with E-state index in [1.54, 1.807) is 0 Å². The normalized spacial score (nSPS) is 30.8. The molecule has 1 saturated carbocycles. The van der Waals surface area contributed by atoms with E-state index in [1.165, 1.54) is 30.4 Å². The summed E-state index contributed by atoms with van der Waals surface area (Å²) in [5.41, 5.74) is 2.89. The lowest BCUT2D eigenvalue weighted by Crippen LogP contribution is -2.18. The highest BCUT2D eigenvalue weighted by molar-refractivity contribution is 9.09. The van der Waals surface area contributed by atoms with Crippen LogP contribution in [0.5, 0.6) is 0 Å². The van der Waals surface area contributed by atoms with Gasteiger partial charge in [0.2, 0.25) is 0 Å². The summed E-state index contributed by atoms with van der Waals surface area (Å²) in [6, 6.07) is 6.35. The van der Waals surface area contributed by atoms with Gasteiger partial charge >= 0.3 is 0 Å². The van der Waals surface area contributed by atoms with Gasteiger partial charge in [-0.15, -0.1) is 0 Å². The first-order valence-electron chi connectivity index (χ1n) is 5.42. The van der Waals surface area contributed by atoms with Crippen LogP contribution in [0, 0.1) is 6.92 Å². The van der Waals surface area contributed by atoms with Crippen LogP contribution in [-0.2, 0) is 5.41 Å². The van der Waals surface area contributed by atoms with Gasteiger partial charge in [0.25, 0.3) is 0 Å². The van der Waals surface area contributed by atoms with Gasteiger partial charge < -0.3 is 0 Å². The van der Waals surface area contributed by atoms with Gasteiger partial charge in [-0.2, -0.15) is 0 Å². The van der Waals surface area contributed by atoms with Gasteiger partial charge in [0.15, 0.2) is 0 Å². The standard InChI is InChI=1S/C13H16BrCl/c1-9-3-4-12(15)11(7-9)13(2)6-5-10(14)8-13/h3-4,7,10H,5-6,8H2,1-2H3. The SMILES string of the molecule is Cc1ccc(Cl)c(C2(C)CCC(Br)C2)c1. The summed E-state index contributed by atoms with van der Waals surface area (Å²) in [7, 11) is 0. The Balaban J connectivity index is 2.40. The van der Waals surface area contributed by atoms with Gasteiger partial charge in [0, 0.05) is 9.85 Å². The first-order valence-corrected chi connectivity index (χ1v) is 6.71. The summed E-state index contributed by atoms with van der Waals surface area (Å²) in [5.74, 6) is 0. The van der Waals surface area contributed by atoms with Crippen molar-refractivity contribution in [2.75, 3.05) is 0 Å². The average molecular weight is 288 g/mol. The van der Waals surface area contributed by atoms with E-state index < -0.39 is 0 Å². The van der Waals surface area contributed by atoms with Crippen molar-refractivity contribution < 1.29 is 0 Å². The van der Waals surface area contributed by atoms with Crippen molar-refractivity contribution in [2.45, 2.75) is 43.4 Å². The second-order valence-electron chi connectivity index (χ2n) is 4.88. The molecule has 0 radical (unpaired) electrons. The Hall–Kier alpha value is -0.0100. The summed E-state index contributed by atoms with van der Waals surface area (Å²) in [4.78, 5) is 0.652. The number of aryl methyl sites for hydroxylation is 1. The highest BCUT2D eigenvalue weighted by Gasteiger charge is 2.36. The molecule has 1 aliphatic carbocycles. The fourth-order valence-electron chi connectivity index (χ4n) is 2.51. The Bertz CT molecular complexity index is 375. The minimum atomic E-state index is 0.261. The van der Waals surface area contributed by atoms with Gasteiger partial charge in [-0.05, 0) is 43.2 Å². The minimum absolute atomic E-state index is 0.261. The lowest BCUT2D eigenvalue weighted by molar-refractivity contribution is 0.493. The molecule has 1 aliphatic rings. The van der Waals surface area contributed by atoms with Crippen LogP contribution in [0.3, 0.4) is 0 Å². The van der Waals surface area contributed by atoms with Crippen molar-refractivity contribution >= 4 is 27.5 Å². The van der Waals surface area contributed by atoms with E-state index in [-0.39, 0.29) is 5.41 Å². The predicted molar refractivity (Wildman–Crippen MR) is 70.1 cm³/mol. The van der Waals surface area contributed by atoms with Crippen molar-refractivity contribution in [3.05, 3.63) is 34.3 Å². The van der Waals surface area contributed by atoms with Crippen LogP contribution >= 0.6 is 27.5 Å². The van der Waals surface area contributed by atoms with E-state index >= 15 is 0 Å². The van der Waals surface area contributed by atoms with Gasteiger partial charge in [-0.1, -0.05) is 52.2 Å². The maximum absolute atomic E-state index is 6.30.